The molecule has 1 aliphatic rings. The molecule has 0 unspecified atom stereocenters. The lowest BCUT2D eigenvalue weighted by Gasteiger charge is -2.12. The van der Waals surface area contributed by atoms with Crippen molar-refractivity contribution in [2.24, 2.45) is 0 Å². The summed E-state index contributed by atoms with van der Waals surface area (Å²) < 4.78 is 0. The van der Waals surface area contributed by atoms with Crippen LogP contribution < -0.4 is 4.90 Å². The highest BCUT2D eigenvalue weighted by Crippen LogP contribution is 2.27. The van der Waals surface area contributed by atoms with Crippen LogP contribution in [0.4, 0.5) is 5.69 Å². The van der Waals surface area contributed by atoms with Gasteiger partial charge in [-0.15, -0.1) is 0 Å². The molecule has 0 aliphatic carbocycles. The van der Waals surface area contributed by atoms with E-state index in [0.717, 1.165) is 0 Å². The molecule has 88 valence electrons. The molecule has 0 atom stereocenters. The Morgan fingerprint density at radius 1 is 1.19 bits per heavy atom. The van der Waals surface area contributed by atoms with Gasteiger partial charge in [-0.05, 0) is 36.5 Å². The molecule has 0 saturated carbocycles. The highest BCUT2D eigenvalue weighted by atomic mass is 15.1. The molecule has 1 heteroatoms. The first kappa shape index (κ1) is 11.5. The van der Waals surface area contributed by atoms with Crippen LogP contribution in [0.1, 0.15) is 43.7 Å². The predicted octanol–water partition coefficient (Wildman–Crippen LogP) is 3.80. The van der Waals surface area contributed by atoms with Crippen LogP contribution >= 0.6 is 0 Å². The number of hydrogen-bond donors (Lipinski definition) is 0. The van der Waals surface area contributed by atoms with Crippen LogP contribution in [0, 0.1) is 0 Å². The summed E-state index contributed by atoms with van der Waals surface area (Å²) in [6.07, 6.45) is 7.93. The molecule has 1 heterocycles. The van der Waals surface area contributed by atoms with Crippen molar-refractivity contribution in [3.63, 3.8) is 0 Å². The van der Waals surface area contributed by atoms with Crippen molar-refractivity contribution in [1.82, 2.24) is 0 Å². The van der Waals surface area contributed by atoms with Gasteiger partial charge in [-0.25, -0.2) is 0 Å². The number of benzene rings is 1. The Labute approximate surface area is 99.5 Å². The highest BCUT2D eigenvalue weighted by molar-refractivity contribution is 5.58. The third-order valence-electron chi connectivity index (χ3n) is 3.59. The first-order valence-corrected chi connectivity index (χ1v) is 6.64. The minimum atomic E-state index is 1.19. The smallest absolute Gasteiger partial charge is 0.0397 e. The zero-order valence-corrected chi connectivity index (χ0v) is 10.6. The molecule has 0 bridgehead atoms. The number of anilines is 1. The van der Waals surface area contributed by atoms with Gasteiger partial charge in [0.25, 0.3) is 0 Å². The van der Waals surface area contributed by atoms with Crippen molar-refractivity contribution in [3.8, 4) is 0 Å². The number of fused-ring (bicyclic) bond motifs is 1. The van der Waals surface area contributed by atoms with Gasteiger partial charge in [-0.1, -0.05) is 38.3 Å². The molecule has 0 aromatic heterocycles. The van der Waals surface area contributed by atoms with Gasteiger partial charge in [0.1, 0.15) is 0 Å². The lowest BCUT2D eigenvalue weighted by molar-refractivity contribution is 0.667. The van der Waals surface area contributed by atoms with Crippen LogP contribution in [0.15, 0.2) is 18.2 Å². The molecule has 1 aliphatic heterocycles. The standard InChI is InChI=1S/C15H23N/c1-3-4-5-6-7-13-8-9-15-14(12-13)10-11-16(15)2/h8-9,12H,3-7,10-11H2,1-2H3. The van der Waals surface area contributed by atoms with E-state index in [1.165, 1.54) is 56.3 Å². The second-order valence-corrected chi connectivity index (χ2v) is 4.95. The van der Waals surface area contributed by atoms with Crippen LogP contribution in [0.2, 0.25) is 0 Å². The van der Waals surface area contributed by atoms with Crippen molar-refractivity contribution in [3.05, 3.63) is 29.3 Å². The molecule has 0 spiro atoms. The quantitative estimate of drug-likeness (QED) is 0.678. The van der Waals surface area contributed by atoms with E-state index in [-0.39, 0.29) is 0 Å². The Hall–Kier alpha value is -0.980. The van der Waals surface area contributed by atoms with Gasteiger partial charge in [0, 0.05) is 19.3 Å². The lowest BCUT2D eigenvalue weighted by atomic mass is 10.0. The monoisotopic (exact) mass is 217 g/mol. The largest absolute Gasteiger partial charge is 0.374 e. The number of likely N-dealkylation sites (N-methyl/N-ethyl adjacent to an activating group) is 1. The second-order valence-electron chi connectivity index (χ2n) is 4.95. The van der Waals surface area contributed by atoms with Gasteiger partial charge in [0.15, 0.2) is 0 Å². The lowest BCUT2D eigenvalue weighted by Crippen LogP contribution is -2.12. The normalized spacial score (nSPS) is 14.2. The zero-order valence-electron chi connectivity index (χ0n) is 10.6. The summed E-state index contributed by atoms with van der Waals surface area (Å²) in [5.74, 6) is 0. The minimum absolute atomic E-state index is 1.19. The molecular formula is C15H23N. The molecule has 16 heavy (non-hydrogen) atoms. The third kappa shape index (κ3) is 2.58. The van der Waals surface area contributed by atoms with E-state index in [1.54, 1.807) is 5.56 Å². The first-order chi connectivity index (χ1) is 7.81. The average molecular weight is 217 g/mol. The van der Waals surface area contributed by atoms with Gasteiger partial charge in [0.2, 0.25) is 0 Å². The van der Waals surface area contributed by atoms with Crippen molar-refractivity contribution in [2.45, 2.75) is 45.4 Å². The van der Waals surface area contributed by atoms with Gasteiger partial charge in [-0.2, -0.15) is 0 Å². The zero-order chi connectivity index (χ0) is 11.4. The number of hydrogen-bond acceptors (Lipinski definition) is 1. The highest BCUT2D eigenvalue weighted by Gasteiger charge is 2.14. The second kappa shape index (κ2) is 5.38. The van der Waals surface area contributed by atoms with Gasteiger partial charge >= 0.3 is 0 Å². The molecule has 1 aromatic rings. The van der Waals surface area contributed by atoms with E-state index < -0.39 is 0 Å². The Morgan fingerprint density at radius 3 is 2.88 bits per heavy atom. The maximum absolute atomic E-state index is 2.42. The summed E-state index contributed by atoms with van der Waals surface area (Å²) >= 11 is 0. The van der Waals surface area contributed by atoms with Gasteiger partial charge < -0.3 is 4.90 Å². The Bertz CT molecular complexity index is 343. The Balaban J connectivity index is 1.92. The SMILES string of the molecule is CCCCCCc1ccc2c(c1)CCN2C. The van der Waals surface area contributed by atoms with E-state index in [0.29, 0.717) is 0 Å². The van der Waals surface area contributed by atoms with E-state index in [9.17, 15) is 0 Å². The van der Waals surface area contributed by atoms with Crippen LogP contribution in [0.25, 0.3) is 0 Å². The fourth-order valence-electron chi connectivity index (χ4n) is 2.53. The molecule has 0 saturated heterocycles. The minimum Gasteiger partial charge on any atom is -0.374 e. The molecular weight excluding hydrogens is 194 g/mol. The van der Waals surface area contributed by atoms with E-state index in [2.05, 4.69) is 37.1 Å². The van der Waals surface area contributed by atoms with Crippen molar-refractivity contribution >= 4 is 5.69 Å². The van der Waals surface area contributed by atoms with Crippen molar-refractivity contribution in [1.29, 1.82) is 0 Å². The third-order valence-corrected chi connectivity index (χ3v) is 3.59. The average Bonchev–Trinajstić information content (AvgIpc) is 2.66. The van der Waals surface area contributed by atoms with E-state index in [4.69, 9.17) is 0 Å². The number of aryl methyl sites for hydroxylation is 1. The fourth-order valence-corrected chi connectivity index (χ4v) is 2.53. The number of unbranched alkanes of at least 4 members (excludes halogenated alkanes) is 3. The fraction of sp³-hybridized carbons (Fsp3) is 0.600. The maximum Gasteiger partial charge on any atom is 0.0397 e. The molecule has 0 amide bonds. The van der Waals surface area contributed by atoms with Crippen LogP contribution in [-0.2, 0) is 12.8 Å². The van der Waals surface area contributed by atoms with E-state index in [1.807, 2.05) is 0 Å². The summed E-state index contributed by atoms with van der Waals surface area (Å²) in [6.45, 7) is 3.46. The van der Waals surface area contributed by atoms with Gasteiger partial charge in [-0.3, -0.25) is 0 Å². The molecule has 0 radical (unpaired) electrons. The molecule has 1 aromatic carbocycles. The van der Waals surface area contributed by atoms with Crippen LogP contribution in [-0.4, -0.2) is 13.6 Å². The van der Waals surface area contributed by atoms with Crippen LogP contribution in [0.5, 0.6) is 0 Å². The molecule has 2 rings (SSSR count). The van der Waals surface area contributed by atoms with Crippen LogP contribution in [0.3, 0.4) is 0 Å². The topological polar surface area (TPSA) is 3.24 Å². The number of nitrogens with zero attached hydrogens (tertiary/aromatic N) is 1. The summed E-state index contributed by atoms with van der Waals surface area (Å²) in [4.78, 5) is 2.36. The van der Waals surface area contributed by atoms with Gasteiger partial charge in [0.05, 0.1) is 0 Å². The Morgan fingerprint density at radius 2 is 2.06 bits per heavy atom. The summed E-state index contributed by atoms with van der Waals surface area (Å²) in [5, 5.41) is 0. The first-order valence-electron chi connectivity index (χ1n) is 6.64. The predicted molar refractivity (Wildman–Crippen MR) is 71.3 cm³/mol. The maximum atomic E-state index is 2.42. The van der Waals surface area contributed by atoms with Crippen molar-refractivity contribution in [2.75, 3.05) is 18.5 Å². The number of rotatable bonds is 5. The van der Waals surface area contributed by atoms with Crippen molar-refractivity contribution < 1.29 is 0 Å². The summed E-state index contributed by atoms with van der Waals surface area (Å²) in [5.41, 5.74) is 4.53. The molecule has 0 fully saturated rings. The molecule has 1 nitrogen and oxygen atoms in total. The Kier molecular flexibility index (Phi) is 3.87. The molecule has 0 N–H and O–H groups in total. The van der Waals surface area contributed by atoms with E-state index >= 15 is 0 Å². The summed E-state index contributed by atoms with van der Waals surface area (Å²) in [6, 6.07) is 7.04. The summed E-state index contributed by atoms with van der Waals surface area (Å²) in [7, 11) is 2.19.